The van der Waals surface area contributed by atoms with Crippen LogP contribution in [0.5, 0.6) is 5.75 Å². The van der Waals surface area contributed by atoms with E-state index in [1.165, 1.54) is 35.3 Å². The van der Waals surface area contributed by atoms with E-state index in [4.69, 9.17) is 9.15 Å². The number of carbonyl (C=O) groups excluding carboxylic acids is 1. The number of nitrogens with one attached hydrogen (secondary N) is 1. The van der Waals surface area contributed by atoms with Crippen molar-refractivity contribution in [2.24, 2.45) is 0 Å². The first-order chi connectivity index (χ1) is 27.7. The van der Waals surface area contributed by atoms with E-state index in [9.17, 15) is 4.79 Å². The van der Waals surface area contributed by atoms with Crippen molar-refractivity contribution in [3.8, 4) is 22.6 Å². The molecular formula is C50H37N3O3. The molecule has 0 amide bonds. The summed E-state index contributed by atoms with van der Waals surface area (Å²) in [5.41, 5.74) is 12.6. The van der Waals surface area contributed by atoms with Crippen LogP contribution in [0.15, 0.2) is 156 Å². The molecule has 3 unspecified atom stereocenters. The van der Waals surface area contributed by atoms with E-state index in [1.807, 2.05) is 42.5 Å². The Bertz CT molecular complexity index is 3030. The Balaban J connectivity index is 0.925. The summed E-state index contributed by atoms with van der Waals surface area (Å²) in [4.78, 5) is 16.1. The molecule has 0 bridgehead atoms. The lowest BCUT2D eigenvalue weighted by molar-refractivity contribution is 0.0850. The number of benzene rings is 7. The maximum atomic E-state index is 13.6. The lowest BCUT2D eigenvalue weighted by atomic mass is 9.91. The van der Waals surface area contributed by atoms with E-state index in [-0.39, 0.29) is 11.9 Å². The Morgan fingerprint density at radius 3 is 2.32 bits per heavy atom. The van der Waals surface area contributed by atoms with Gasteiger partial charge in [-0.05, 0) is 102 Å². The van der Waals surface area contributed by atoms with Crippen LogP contribution in [-0.2, 0) is 0 Å². The molecule has 9 aromatic rings. The van der Waals surface area contributed by atoms with Gasteiger partial charge in [-0.2, -0.15) is 0 Å². The monoisotopic (exact) mass is 727 g/mol. The van der Waals surface area contributed by atoms with Crippen LogP contribution < -0.4 is 15.0 Å². The van der Waals surface area contributed by atoms with Gasteiger partial charge in [0.2, 0.25) is 0 Å². The number of ketones is 1. The van der Waals surface area contributed by atoms with Crippen LogP contribution in [0.2, 0.25) is 0 Å². The van der Waals surface area contributed by atoms with Gasteiger partial charge < -0.3 is 18.6 Å². The number of para-hydroxylation sites is 2. The SMILES string of the molecule is O=C1CC(c2ccccc2)Oc2ccc(-n3c4ccccc4c4cc5c(cc43)oc3ccc(-c4ccc(N6c7ccccc7C7CCCNC76)cc4)cc35)cc21. The summed E-state index contributed by atoms with van der Waals surface area (Å²) in [5, 5.41) is 8.26. The minimum Gasteiger partial charge on any atom is -0.484 e. The van der Waals surface area contributed by atoms with E-state index in [0.717, 1.165) is 67.1 Å². The molecule has 3 atom stereocenters. The molecule has 270 valence electrons. The third-order valence-electron chi connectivity index (χ3n) is 12.4. The van der Waals surface area contributed by atoms with Crippen molar-refractivity contribution in [2.75, 3.05) is 11.4 Å². The van der Waals surface area contributed by atoms with Crippen molar-refractivity contribution < 1.29 is 13.9 Å². The molecule has 0 spiro atoms. The molecule has 1 fully saturated rings. The second-order valence-electron chi connectivity index (χ2n) is 15.5. The second-order valence-corrected chi connectivity index (χ2v) is 15.5. The van der Waals surface area contributed by atoms with Crippen LogP contribution in [0.3, 0.4) is 0 Å². The first-order valence-corrected chi connectivity index (χ1v) is 19.7. The van der Waals surface area contributed by atoms with Gasteiger partial charge in [-0.1, -0.05) is 84.9 Å². The lowest BCUT2D eigenvalue weighted by Gasteiger charge is -2.34. The summed E-state index contributed by atoms with van der Waals surface area (Å²) in [6.45, 7) is 1.05. The number of aromatic nitrogens is 1. The fourth-order valence-electron chi connectivity index (χ4n) is 9.75. The van der Waals surface area contributed by atoms with Gasteiger partial charge in [-0.25, -0.2) is 0 Å². The molecule has 0 aliphatic carbocycles. The number of hydrogen-bond acceptors (Lipinski definition) is 5. The molecule has 3 aliphatic rings. The summed E-state index contributed by atoms with van der Waals surface area (Å²) in [6.07, 6.45) is 2.75. The fraction of sp³-hybridized carbons (Fsp3) is 0.140. The van der Waals surface area contributed by atoms with Gasteiger partial charge in [0.05, 0.1) is 29.2 Å². The average Bonchev–Trinajstić information content (AvgIpc) is 3.90. The predicted molar refractivity (Wildman–Crippen MR) is 225 cm³/mol. The molecule has 1 saturated heterocycles. The van der Waals surface area contributed by atoms with Crippen LogP contribution >= 0.6 is 0 Å². The highest BCUT2D eigenvalue weighted by Gasteiger charge is 2.40. The molecule has 56 heavy (non-hydrogen) atoms. The summed E-state index contributed by atoms with van der Waals surface area (Å²) in [6, 6.07) is 53.3. The number of fused-ring (bicyclic) bond motifs is 10. The number of Topliss-reactive ketones (excluding diaryl/α,β-unsaturated/α-hetero) is 1. The number of anilines is 2. The summed E-state index contributed by atoms with van der Waals surface area (Å²) >= 11 is 0. The third-order valence-corrected chi connectivity index (χ3v) is 12.4. The van der Waals surface area contributed by atoms with Gasteiger partial charge >= 0.3 is 0 Å². The Labute approximate surface area is 323 Å². The Hall–Kier alpha value is -6.63. The molecular weight excluding hydrogens is 691 g/mol. The average molecular weight is 728 g/mol. The quantitative estimate of drug-likeness (QED) is 0.196. The van der Waals surface area contributed by atoms with Gasteiger partial charge in [0.1, 0.15) is 23.0 Å². The summed E-state index contributed by atoms with van der Waals surface area (Å²) < 4.78 is 15.2. The molecule has 6 nitrogen and oxygen atoms in total. The minimum atomic E-state index is -0.286. The van der Waals surface area contributed by atoms with Gasteiger partial charge in [0.25, 0.3) is 0 Å². The van der Waals surface area contributed by atoms with E-state index >= 15 is 0 Å². The zero-order valence-electron chi connectivity index (χ0n) is 30.6. The number of hydrogen-bond donors (Lipinski definition) is 1. The first-order valence-electron chi connectivity index (χ1n) is 19.7. The number of carbonyl (C=O) groups is 1. The molecule has 3 aliphatic heterocycles. The van der Waals surface area contributed by atoms with Gasteiger partial charge in [0, 0.05) is 50.6 Å². The normalized spacial score (nSPS) is 19.0. The fourth-order valence-corrected chi connectivity index (χ4v) is 9.75. The second kappa shape index (κ2) is 12.2. The highest BCUT2D eigenvalue weighted by Crippen LogP contribution is 2.48. The van der Waals surface area contributed by atoms with Crippen molar-refractivity contribution >= 4 is 60.9 Å². The molecule has 7 aromatic carbocycles. The Morgan fingerprint density at radius 1 is 0.625 bits per heavy atom. The van der Waals surface area contributed by atoms with Crippen LogP contribution in [0.4, 0.5) is 11.4 Å². The van der Waals surface area contributed by atoms with E-state index < -0.39 is 0 Å². The predicted octanol–water partition coefficient (Wildman–Crippen LogP) is 12.0. The molecule has 6 heteroatoms. The van der Waals surface area contributed by atoms with Crippen molar-refractivity contribution in [1.82, 2.24) is 9.88 Å². The van der Waals surface area contributed by atoms with Crippen LogP contribution in [-0.4, -0.2) is 23.1 Å². The number of piperidine rings is 1. The van der Waals surface area contributed by atoms with Crippen LogP contribution in [0.1, 0.15) is 52.8 Å². The van der Waals surface area contributed by atoms with Crippen molar-refractivity contribution in [2.45, 2.75) is 37.5 Å². The Kier molecular flexibility index (Phi) is 6.90. The number of ether oxygens (including phenoxy) is 1. The van der Waals surface area contributed by atoms with E-state index in [1.54, 1.807) is 0 Å². The zero-order chi connectivity index (χ0) is 36.9. The van der Waals surface area contributed by atoms with Crippen molar-refractivity contribution in [3.63, 3.8) is 0 Å². The highest BCUT2D eigenvalue weighted by molar-refractivity contribution is 6.18. The van der Waals surface area contributed by atoms with E-state index in [2.05, 4.69) is 124 Å². The maximum absolute atomic E-state index is 13.6. The molecule has 5 heterocycles. The minimum absolute atomic E-state index is 0.0871. The zero-order valence-corrected chi connectivity index (χ0v) is 30.6. The molecule has 0 radical (unpaired) electrons. The largest absolute Gasteiger partial charge is 0.484 e. The summed E-state index contributed by atoms with van der Waals surface area (Å²) in [5.74, 6) is 1.23. The molecule has 1 N–H and O–H groups in total. The number of nitrogens with zero attached hydrogens (tertiary/aromatic N) is 2. The number of rotatable bonds is 4. The van der Waals surface area contributed by atoms with Crippen molar-refractivity contribution in [1.29, 1.82) is 0 Å². The van der Waals surface area contributed by atoms with Crippen LogP contribution in [0, 0.1) is 0 Å². The Morgan fingerprint density at radius 2 is 1.41 bits per heavy atom. The van der Waals surface area contributed by atoms with Gasteiger partial charge in [-0.3, -0.25) is 10.1 Å². The molecule has 2 aromatic heterocycles. The van der Waals surface area contributed by atoms with Gasteiger partial charge in [0.15, 0.2) is 5.78 Å². The summed E-state index contributed by atoms with van der Waals surface area (Å²) in [7, 11) is 0. The molecule has 0 saturated carbocycles. The smallest absolute Gasteiger partial charge is 0.170 e. The van der Waals surface area contributed by atoms with E-state index in [0.29, 0.717) is 29.8 Å². The third kappa shape index (κ3) is 4.75. The topological polar surface area (TPSA) is 59.6 Å². The maximum Gasteiger partial charge on any atom is 0.170 e. The molecule has 12 rings (SSSR count). The van der Waals surface area contributed by atoms with Crippen molar-refractivity contribution in [3.05, 3.63) is 168 Å². The standard InChI is InChI=1S/C50H37N3O3/c54-45-29-48(31-9-2-1-3-10-31)55-47-23-21-34(26-41(45)47)52-42-14-6-5-12-36(42)38-27-40-39-25-32(18-22-46(39)56-49(40)28-44(38)52)30-16-19-33(20-17-30)53-43-15-7-4-11-35(43)37-13-8-24-51-50(37)53/h1-7,9-12,14-23,25-28,37,48,50-51H,8,13,24,29H2. The highest BCUT2D eigenvalue weighted by atomic mass is 16.5. The lowest BCUT2D eigenvalue weighted by Crippen LogP contribution is -2.46. The van der Waals surface area contributed by atoms with Crippen LogP contribution in [0.25, 0.3) is 60.6 Å². The first kappa shape index (κ1) is 31.7. The van der Waals surface area contributed by atoms with Gasteiger partial charge in [-0.15, -0.1) is 0 Å². The number of furan rings is 1.